The Balaban J connectivity index is 2.94. The highest BCUT2D eigenvalue weighted by Crippen LogP contribution is 2.19. The molecule has 1 aromatic rings. The summed E-state index contributed by atoms with van der Waals surface area (Å²) in [5, 5.41) is 0. The van der Waals surface area contributed by atoms with Crippen LogP contribution in [0.25, 0.3) is 5.57 Å². The lowest BCUT2D eigenvalue weighted by molar-refractivity contribution is 0.339. The average molecular weight is 178 g/mol. The van der Waals surface area contributed by atoms with E-state index in [-0.39, 0.29) is 0 Å². The van der Waals surface area contributed by atoms with Crippen LogP contribution in [-0.4, -0.2) is 14.2 Å². The van der Waals surface area contributed by atoms with E-state index in [0.29, 0.717) is 0 Å². The predicted molar refractivity (Wildman–Crippen MR) is 53.7 cm³/mol. The molecule has 70 valence electrons. The molecule has 0 saturated heterocycles. The standard InChI is InChI=1S/C11H14O2/c1-9(8-12-2)10-5-4-6-11(7-10)13-3/h4-8H,1-3H3/b9-8+. The van der Waals surface area contributed by atoms with Crippen molar-refractivity contribution in [3.63, 3.8) is 0 Å². The molecule has 0 heterocycles. The van der Waals surface area contributed by atoms with Crippen LogP contribution in [0.3, 0.4) is 0 Å². The lowest BCUT2D eigenvalue weighted by Crippen LogP contribution is -1.85. The first kappa shape index (κ1) is 9.65. The summed E-state index contributed by atoms with van der Waals surface area (Å²) in [6.07, 6.45) is 1.72. The Morgan fingerprint density at radius 2 is 2.08 bits per heavy atom. The Bertz CT molecular complexity index is 303. The van der Waals surface area contributed by atoms with Crippen molar-refractivity contribution in [1.82, 2.24) is 0 Å². The van der Waals surface area contributed by atoms with Crippen LogP contribution < -0.4 is 4.74 Å². The van der Waals surface area contributed by atoms with E-state index in [2.05, 4.69) is 0 Å². The third-order valence-corrected chi connectivity index (χ3v) is 1.82. The van der Waals surface area contributed by atoms with Crippen molar-refractivity contribution in [2.75, 3.05) is 14.2 Å². The van der Waals surface area contributed by atoms with Crippen molar-refractivity contribution in [1.29, 1.82) is 0 Å². The number of allylic oxidation sites excluding steroid dienone is 1. The fourth-order valence-electron chi connectivity index (χ4n) is 1.11. The van der Waals surface area contributed by atoms with Gasteiger partial charge in [-0.1, -0.05) is 12.1 Å². The van der Waals surface area contributed by atoms with Crippen molar-refractivity contribution in [2.45, 2.75) is 6.92 Å². The van der Waals surface area contributed by atoms with Gasteiger partial charge in [-0.2, -0.15) is 0 Å². The van der Waals surface area contributed by atoms with E-state index < -0.39 is 0 Å². The van der Waals surface area contributed by atoms with Gasteiger partial charge in [-0.15, -0.1) is 0 Å². The zero-order valence-electron chi connectivity index (χ0n) is 8.20. The second kappa shape index (κ2) is 4.55. The molecular weight excluding hydrogens is 164 g/mol. The van der Waals surface area contributed by atoms with Gasteiger partial charge in [-0.05, 0) is 30.2 Å². The summed E-state index contributed by atoms with van der Waals surface area (Å²) in [6.45, 7) is 2.00. The van der Waals surface area contributed by atoms with E-state index in [1.165, 1.54) is 0 Å². The van der Waals surface area contributed by atoms with Crippen LogP contribution in [0.5, 0.6) is 5.75 Å². The first-order chi connectivity index (χ1) is 6.27. The number of ether oxygens (including phenoxy) is 2. The fraction of sp³-hybridized carbons (Fsp3) is 0.273. The molecule has 0 N–H and O–H groups in total. The molecule has 0 unspecified atom stereocenters. The topological polar surface area (TPSA) is 18.5 Å². The third kappa shape index (κ3) is 2.51. The van der Waals surface area contributed by atoms with Gasteiger partial charge in [0.25, 0.3) is 0 Å². The summed E-state index contributed by atoms with van der Waals surface area (Å²) in [5.41, 5.74) is 2.20. The van der Waals surface area contributed by atoms with Crippen LogP contribution in [0.1, 0.15) is 12.5 Å². The number of methoxy groups -OCH3 is 2. The van der Waals surface area contributed by atoms with Gasteiger partial charge in [0.2, 0.25) is 0 Å². The van der Waals surface area contributed by atoms with E-state index >= 15 is 0 Å². The molecule has 13 heavy (non-hydrogen) atoms. The van der Waals surface area contributed by atoms with E-state index in [1.54, 1.807) is 20.5 Å². The minimum atomic E-state index is 0.862. The normalized spacial score (nSPS) is 11.2. The zero-order chi connectivity index (χ0) is 9.68. The highest BCUT2D eigenvalue weighted by molar-refractivity contribution is 5.63. The zero-order valence-corrected chi connectivity index (χ0v) is 8.20. The van der Waals surface area contributed by atoms with Crippen molar-refractivity contribution < 1.29 is 9.47 Å². The monoisotopic (exact) mass is 178 g/mol. The number of hydrogen-bond acceptors (Lipinski definition) is 2. The Kier molecular flexibility index (Phi) is 3.38. The molecule has 0 saturated carbocycles. The third-order valence-electron chi connectivity index (χ3n) is 1.82. The summed E-state index contributed by atoms with van der Waals surface area (Å²) >= 11 is 0. The predicted octanol–water partition coefficient (Wildman–Crippen LogP) is 2.70. The molecule has 0 aliphatic carbocycles. The lowest BCUT2D eigenvalue weighted by Gasteiger charge is -2.04. The summed E-state index contributed by atoms with van der Waals surface area (Å²) in [6, 6.07) is 7.88. The summed E-state index contributed by atoms with van der Waals surface area (Å²) < 4.78 is 10.0. The highest BCUT2D eigenvalue weighted by Gasteiger charge is 1.97. The molecule has 0 amide bonds. The average Bonchev–Trinajstić information content (AvgIpc) is 2.18. The van der Waals surface area contributed by atoms with E-state index in [1.807, 2.05) is 31.2 Å². The van der Waals surface area contributed by atoms with Gasteiger partial charge in [0, 0.05) is 0 Å². The summed E-state index contributed by atoms with van der Waals surface area (Å²) in [4.78, 5) is 0. The molecule has 2 heteroatoms. The van der Waals surface area contributed by atoms with Gasteiger partial charge < -0.3 is 9.47 Å². The molecule has 0 spiro atoms. The molecular formula is C11H14O2. The lowest BCUT2D eigenvalue weighted by atomic mass is 10.1. The minimum Gasteiger partial charge on any atom is -0.504 e. The van der Waals surface area contributed by atoms with Crippen molar-refractivity contribution in [2.24, 2.45) is 0 Å². The van der Waals surface area contributed by atoms with Crippen molar-refractivity contribution in [3.8, 4) is 5.75 Å². The van der Waals surface area contributed by atoms with Gasteiger partial charge >= 0.3 is 0 Å². The molecule has 0 aliphatic heterocycles. The maximum atomic E-state index is 5.12. The minimum absolute atomic E-state index is 0.862. The Hall–Kier alpha value is -1.44. The summed E-state index contributed by atoms with van der Waals surface area (Å²) in [5.74, 6) is 0.862. The molecule has 0 aromatic heterocycles. The molecule has 2 nitrogen and oxygen atoms in total. The van der Waals surface area contributed by atoms with Crippen LogP contribution in [-0.2, 0) is 4.74 Å². The van der Waals surface area contributed by atoms with Gasteiger partial charge in [0.05, 0.1) is 20.5 Å². The molecule has 0 radical (unpaired) electrons. The second-order valence-corrected chi connectivity index (χ2v) is 2.77. The largest absolute Gasteiger partial charge is 0.504 e. The summed E-state index contributed by atoms with van der Waals surface area (Å²) in [7, 11) is 3.30. The molecule has 0 atom stereocenters. The first-order valence-corrected chi connectivity index (χ1v) is 4.12. The number of hydrogen-bond donors (Lipinski definition) is 0. The maximum absolute atomic E-state index is 5.12. The molecule has 1 rings (SSSR count). The smallest absolute Gasteiger partial charge is 0.119 e. The Morgan fingerprint density at radius 3 is 2.69 bits per heavy atom. The van der Waals surface area contributed by atoms with Crippen LogP contribution in [0, 0.1) is 0 Å². The van der Waals surface area contributed by atoms with Crippen molar-refractivity contribution >= 4 is 5.57 Å². The van der Waals surface area contributed by atoms with E-state index in [9.17, 15) is 0 Å². The van der Waals surface area contributed by atoms with Gasteiger partial charge in [-0.3, -0.25) is 0 Å². The second-order valence-electron chi connectivity index (χ2n) is 2.77. The van der Waals surface area contributed by atoms with E-state index in [4.69, 9.17) is 9.47 Å². The van der Waals surface area contributed by atoms with Crippen LogP contribution in [0.4, 0.5) is 0 Å². The highest BCUT2D eigenvalue weighted by atomic mass is 16.5. The molecule has 1 aromatic carbocycles. The Morgan fingerprint density at radius 1 is 1.31 bits per heavy atom. The number of benzene rings is 1. The van der Waals surface area contributed by atoms with Crippen LogP contribution >= 0.6 is 0 Å². The SMILES string of the molecule is CO/C=C(\C)c1cccc(OC)c1. The molecule has 0 fully saturated rings. The van der Waals surface area contributed by atoms with Crippen molar-refractivity contribution in [3.05, 3.63) is 36.1 Å². The van der Waals surface area contributed by atoms with E-state index in [0.717, 1.165) is 16.9 Å². The Labute approximate surface area is 78.8 Å². The van der Waals surface area contributed by atoms with Gasteiger partial charge in [-0.25, -0.2) is 0 Å². The quantitative estimate of drug-likeness (QED) is 0.662. The van der Waals surface area contributed by atoms with Crippen LogP contribution in [0.15, 0.2) is 30.5 Å². The van der Waals surface area contributed by atoms with Gasteiger partial charge in [0.15, 0.2) is 0 Å². The first-order valence-electron chi connectivity index (χ1n) is 4.12. The molecule has 0 aliphatic rings. The number of rotatable bonds is 3. The molecule has 0 bridgehead atoms. The van der Waals surface area contributed by atoms with Gasteiger partial charge in [0.1, 0.15) is 5.75 Å². The fourth-order valence-corrected chi connectivity index (χ4v) is 1.11. The van der Waals surface area contributed by atoms with Crippen LogP contribution in [0.2, 0.25) is 0 Å². The maximum Gasteiger partial charge on any atom is 0.119 e.